The number of benzene rings is 2. The molecule has 1 saturated heterocycles. The maximum Gasteiger partial charge on any atom is 0.0628 e. The molecular weight excluding hydrogens is 324 g/mol. The number of rotatable bonds is 6. The summed E-state index contributed by atoms with van der Waals surface area (Å²) in [7, 11) is 0. The number of aliphatic hydroxyl groups is 2. The van der Waals surface area contributed by atoms with E-state index in [4.69, 9.17) is 0 Å². The van der Waals surface area contributed by atoms with E-state index >= 15 is 0 Å². The van der Waals surface area contributed by atoms with Crippen molar-refractivity contribution in [3.63, 3.8) is 0 Å². The highest BCUT2D eigenvalue weighted by molar-refractivity contribution is 5.20. The molecule has 0 bridgehead atoms. The van der Waals surface area contributed by atoms with Crippen LogP contribution in [0.5, 0.6) is 0 Å². The fourth-order valence-corrected chi connectivity index (χ4v) is 4.01. The van der Waals surface area contributed by atoms with Crippen molar-refractivity contribution in [1.29, 1.82) is 0 Å². The van der Waals surface area contributed by atoms with E-state index in [0.29, 0.717) is 0 Å². The molecular formula is C22H30N2O2. The summed E-state index contributed by atoms with van der Waals surface area (Å²) in [5.74, 6) is 0. The molecule has 1 fully saturated rings. The van der Waals surface area contributed by atoms with Gasteiger partial charge in [0.25, 0.3) is 0 Å². The second-order valence-electron chi connectivity index (χ2n) is 7.00. The van der Waals surface area contributed by atoms with E-state index in [1.807, 2.05) is 36.4 Å². The van der Waals surface area contributed by atoms with Gasteiger partial charge >= 0.3 is 0 Å². The van der Waals surface area contributed by atoms with Gasteiger partial charge in [0, 0.05) is 26.2 Å². The van der Waals surface area contributed by atoms with E-state index < -0.39 is 0 Å². The lowest BCUT2D eigenvalue weighted by Gasteiger charge is -2.37. The lowest BCUT2D eigenvalue weighted by Crippen LogP contribution is -2.41. The van der Waals surface area contributed by atoms with Crippen LogP contribution in [0.15, 0.2) is 60.7 Å². The first-order valence-electron chi connectivity index (χ1n) is 9.63. The van der Waals surface area contributed by atoms with E-state index in [1.165, 1.54) is 11.1 Å². The normalized spacial score (nSPS) is 19.5. The van der Waals surface area contributed by atoms with Crippen LogP contribution in [0, 0.1) is 0 Å². The Morgan fingerprint density at radius 3 is 1.27 bits per heavy atom. The van der Waals surface area contributed by atoms with E-state index in [-0.39, 0.29) is 25.3 Å². The minimum atomic E-state index is 0.0745. The van der Waals surface area contributed by atoms with Gasteiger partial charge in [0.15, 0.2) is 0 Å². The van der Waals surface area contributed by atoms with Crippen LogP contribution in [0.3, 0.4) is 0 Å². The van der Waals surface area contributed by atoms with Gasteiger partial charge in [-0.3, -0.25) is 9.80 Å². The summed E-state index contributed by atoms with van der Waals surface area (Å²) in [6.07, 6.45) is 2.07. The summed E-state index contributed by atoms with van der Waals surface area (Å²) in [5, 5.41) is 19.9. The third-order valence-corrected chi connectivity index (χ3v) is 5.38. The molecule has 0 spiro atoms. The average molecular weight is 354 g/mol. The molecule has 2 atom stereocenters. The molecule has 1 aliphatic heterocycles. The minimum Gasteiger partial charge on any atom is -0.394 e. The van der Waals surface area contributed by atoms with Gasteiger partial charge in [0.1, 0.15) is 0 Å². The topological polar surface area (TPSA) is 46.9 Å². The van der Waals surface area contributed by atoms with Crippen molar-refractivity contribution < 1.29 is 10.2 Å². The summed E-state index contributed by atoms with van der Waals surface area (Å²) >= 11 is 0. The van der Waals surface area contributed by atoms with Gasteiger partial charge < -0.3 is 10.2 Å². The molecule has 0 aliphatic carbocycles. The molecule has 4 heteroatoms. The number of hydrogen-bond acceptors (Lipinski definition) is 4. The van der Waals surface area contributed by atoms with Crippen molar-refractivity contribution in [3.05, 3.63) is 71.8 Å². The Labute approximate surface area is 156 Å². The first-order chi connectivity index (χ1) is 12.8. The lowest BCUT2D eigenvalue weighted by atomic mass is 10.0. The summed E-state index contributed by atoms with van der Waals surface area (Å²) < 4.78 is 0. The van der Waals surface area contributed by atoms with Gasteiger partial charge in [-0.1, -0.05) is 60.7 Å². The van der Waals surface area contributed by atoms with Crippen molar-refractivity contribution in [1.82, 2.24) is 9.80 Å². The third kappa shape index (κ3) is 4.71. The van der Waals surface area contributed by atoms with Crippen LogP contribution in [0.1, 0.15) is 36.1 Å². The summed E-state index contributed by atoms with van der Waals surface area (Å²) in [6.45, 7) is 4.15. The lowest BCUT2D eigenvalue weighted by molar-refractivity contribution is 0.0714. The van der Waals surface area contributed by atoms with Crippen LogP contribution in [0.25, 0.3) is 0 Å². The second-order valence-corrected chi connectivity index (χ2v) is 7.00. The number of nitrogens with zero attached hydrogens (tertiary/aromatic N) is 2. The highest BCUT2D eigenvalue weighted by Crippen LogP contribution is 2.25. The smallest absolute Gasteiger partial charge is 0.0628 e. The Kier molecular flexibility index (Phi) is 7.21. The van der Waals surface area contributed by atoms with E-state index in [1.54, 1.807) is 0 Å². The van der Waals surface area contributed by atoms with E-state index in [9.17, 15) is 10.2 Å². The van der Waals surface area contributed by atoms with Gasteiger partial charge in [-0.05, 0) is 24.0 Å². The zero-order chi connectivity index (χ0) is 18.2. The van der Waals surface area contributed by atoms with E-state index in [0.717, 1.165) is 39.0 Å². The fourth-order valence-electron chi connectivity index (χ4n) is 4.01. The van der Waals surface area contributed by atoms with Crippen molar-refractivity contribution >= 4 is 0 Å². The van der Waals surface area contributed by atoms with E-state index in [2.05, 4.69) is 34.1 Å². The molecule has 0 unspecified atom stereocenters. The molecule has 4 nitrogen and oxygen atoms in total. The highest BCUT2D eigenvalue weighted by Gasteiger charge is 2.24. The van der Waals surface area contributed by atoms with Crippen molar-refractivity contribution in [2.24, 2.45) is 0 Å². The van der Waals surface area contributed by atoms with Crippen molar-refractivity contribution in [2.75, 3.05) is 39.4 Å². The van der Waals surface area contributed by atoms with Crippen molar-refractivity contribution in [2.45, 2.75) is 24.9 Å². The standard InChI is InChI=1S/C22H30N2O2/c25-17-21(19-9-3-1-4-10-19)23-13-7-15-24(16-8-14-23)22(18-26)20-11-5-2-6-12-20/h1-6,9-12,21-22,25-26H,7-8,13-18H2/t21-,22-/m1/s1. The predicted octanol–water partition coefficient (Wildman–Crippen LogP) is 2.85. The number of aliphatic hydroxyl groups excluding tert-OH is 2. The van der Waals surface area contributed by atoms with Crippen LogP contribution in [0.4, 0.5) is 0 Å². The van der Waals surface area contributed by atoms with Gasteiger partial charge in [-0.25, -0.2) is 0 Å². The molecule has 0 amide bonds. The van der Waals surface area contributed by atoms with Gasteiger partial charge in [-0.15, -0.1) is 0 Å². The largest absolute Gasteiger partial charge is 0.394 e. The third-order valence-electron chi connectivity index (χ3n) is 5.38. The number of hydrogen-bond donors (Lipinski definition) is 2. The van der Waals surface area contributed by atoms with Crippen LogP contribution in [-0.2, 0) is 0 Å². The first kappa shape index (κ1) is 19.1. The van der Waals surface area contributed by atoms with Gasteiger partial charge in [-0.2, -0.15) is 0 Å². The average Bonchev–Trinajstić information content (AvgIpc) is 2.67. The first-order valence-corrected chi connectivity index (χ1v) is 9.63. The second kappa shape index (κ2) is 9.83. The Morgan fingerprint density at radius 1 is 0.615 bits per heavy atom. The van der Waals surface area contributed by atoms with Crippen LogP contribution < -0.4 is 0 Å². The quantitative estimate of drug-likeness (QED) is 0.837. The molecule has 3 rings (SSSR count). The Hall–Kier alpha value is -1.72. The molecule has 26 heavy (non-hydrogen) atoms. The highest BCUT2D eigenvalue weighted by atomic mass is 16.3. The Balaban J connectivity index is 1.63. The molecule has 0 radical (unpaired) electrons. The summed E-state index contributed by atoms with van der Waals surface area (Å²) in [4.78, 5) is 4.81. The van der Waals surface area contributed by atoms with Crippen LogP contribution >= 0.6 is 0 Å². The predicted molar refractivity (Wildman–Crippen MR) is 105 cm³/mol. The molecule has 1 heterocycles. The maximum atomic E-state index is 9.94. The van der Waals surface area contributed by atoms with Gasteiger partial charge in [0.05, 0.1) is 25.3 Å². The zero-order valence-electron chi connectivity index (χ0n) is 15.4. The SMILES string of the molecule is OC[C@H](c1ccccc1)N1CCCN([C@H](CO)c2ccccc2)CCC1. The Morgan fingerprint density at radius 2 is 0.962 bits per heavy atom. The van der Waals surface area contributed by atoms with Crippen LogP contribution in [0.2, 0.25) is 0 Å². The monoisotopic (exact) mass is 354 g/mol. The van der Waals surface area contributed by atoms with Gasteiger partial charge in [0.2, 0.25) is 0 Å². The molecule has 0 saturated carbocycles. The molecule has 0 aromatic heterocycles. The summed E-state index contributed by atoms with van der Waals surface area (Å²) in [5.41, 5.74) is 2.37. The summed E-state index contributed by atoms with van der Waals surface area (Å²) in [6, 6.07) is 20.7. The molecule has 2 aromatic carbocycles. The maximum absolute atomic E-state index is 9.94. The van der Waals surface area contributed by atoms with Crippen molar-refractivity contribution in [3.8, 4) is 0 Å². The minimum absolute atomic E-state index is 0.0745. The fraction of sp³-hybridized carbons (Fsp3) is 0.455. The zero-order valence-corrected chi connectivity index (χ0v) is 15.4. The molecule has 2 aromatic rings. The Bertz CT molecular complexity index is 570. The molecule has 2 N–H and O–H groups in total. The molecule has 140 valence electrons. The molecule has 1 aliphatic rings. The van der Waals surface area contributed by atoms with Crippen LogP contribution in [-0.4, -0.2) is 59.4 Å².